The molecule has 1 atom stereocenters. The Bertz CT molecular complexity index is 422. The lowest BCUT2D eigenvalue weighted by molar-refractivity contribution is -0.141. The maximum atomic E-state index is 12.4. The van der Waals surface area contributed by atoms with Crippen molar-refractivity contribution in [3.63, 3.8) is 0 Å². The fourth-order valence-electron chi connectivity index (χ4n) is 2.84. The number of hydrogen-bond acceptors (Lipinski definition) is 2. The van der Waals surface area contributed by atoms with Crippen LogP contribution in [0.25, 0.3) is 0 Å². The van der Waals surface area contributed by atoms with Gasteiger partial charge in [-0.25, -0.2) is 0 Å². The minimum atomic E-state index is -0.827. The Labute approximate surface area is 115 Å². The summed E-state index contributed by atoms with van der Waals surface area (Å²) >= 11 is 0. The molecule has 1 aliphatic heterocycles. The van der Waals surface area contributed by atoms with Crippen LogP contribution in [0, 0.1) is 0 Å². The van der Waals surface area contributed by atoms with E-state index in [4.69, 9.17) is 0 Å². The maximum Gasteiger partial charge on any atom is 0.227 e. The zero-order valence-electron chi connectivity index (χ0n) is 11.8. The van der Waals surface area contributed by atoms with Gasteiger partial charge in [-0.3, -0.25) is 4.79 Å². The minimum Gasteiger partial charge on any atom is -0.388 e. The zero-order chi connectivity index (χ0) is 13.9. The lowest BCUT2D eigenvalue weighted by Gasteiger charge is -2.42. The van der Waals surface area contributed by atoms with E-state index in [-0.39, 0.29) is 11.9 Å². The number of aliphatic hydroxyl groups is 1. The summed E-state index contributed by atoms with van der Waals surface area (Å²) in [7, 11) is 0. The molecule has 1 aromatic carbocycles. The van der Waals surface area contributed by atoms with Crippen molar-refractivity contribution in [2.45, 2.75) is 51.2 Å². The number of carbonyl (C=O) groups is 1. The molecule has 19 heavy (non-hydrogen) atoms. The van der Waals surface area contributed by atoms with Gasteiger partial charge >= 0.3 is 0 Å². The van der Waals surface area contributed by atoms with Gasteiger partial charge < -0.3 is 10.0 Å². The molecule has 0 spiro atoms. The highest BCUT2D eigenvalue weighted by Gasteiger charge is 2.36. The average molecular weight is 261 g/mol. The highest BCUT2D eigenvalue weighted by molar-refractivity contribution is 5.79. The third-order valence-corrected chi connectivity index (χ3v) is 3.84. The highest BCUT2D eigenvalue weighted by atomic mass is 16.3. The molecular weight excluding hydrogens is 238 g/mol. The van der Waals surface area contributed by atoms with Gasteiger partial charge in [0.25, 0.3) is 0 Å². The van der Waals surface area contributed by atoms with Gasteiger partial charge in [-0.15, -0.1) is 0 Å². The summed E-state index contributed by atoms with van der Waals surface area (Å²) in [5.74, 6) is 0.123. The van der Waals surface area contributed by atoms with E-state index in [0.717, 1.165) is 31.4 Å². The van der Waals surface area contributed by atoms with Gasteiger partial charge in [0.15, 0.2) is 0 Å². The zero-order valence-corrected chi connectivity index (χ0v) is 11.8. The third kappa shape index (κ3) is 3.57. The fraction of sp³-hybridized carbons (Fsp3) is 0.562. The molecule has 1 aliphatic rings. The predicted molar refractivity (Wildman–Crippen MR) is 75.8 cm³/mol. The smallest absolute Gasteiger partial charge is 0.227 e. The summed E-state index contributed by atoms with van der Waals surface area (Å²) < 4.78 is 0. The lowest BCUT2D eigenvalue weighted by Crippen LogP contribution is -2.54. The molecular formula is C16H23NO2. The van der Waals surface area contributed by atoms with Gasteiger partial charge in [-0.05, 0) is 38.7 Å². The Balaban J connectivity index is 2.08. The average Bonchev–Trinajstić information content (AvgIpc) is 2.39. The largest absolute Gasteiger partial charge is 0.388 e. The van der Waals surface area contributed by atoms with E-state index < -0.39 is 5.60 Å². The van der Waals surface area contributed by atoms with Gasteiger partial charge in [-0.2, -0.15) is 0 Å². The van der Waals surface area contributed by atoms with E-state index in [1.165, 1.54) is 0 Å². The summed E-state index contributed by atoms with van der Waals surface area (Å²) in [6.45, 7) is 4.36. The Morgan fingerprint density at radius 1 is 1.32 bits per heavy atom. The van der Waals surface area contributed by atoms with E-state index in [0.29, 0.717) is 6.42 Å². The van der Waals surface area contributed by atoms with Crippen molar-refractivity contribution in [3.8, 4) is 0 Å². The number of piperidine rings is 1. The molecule has 3 nitrogen and oxygen atoms in total. The van der Waals surface area contributed by atoms with Crippen molar-refractivity contribution in [2.75, 3.05) is 6.54 Å². The van der Waals surface area contributed by atoms with Crippen LogP contribution in [0.5, 0.6) is 0 Å². The SMILES string of the molecule is CC(C)(O)C1CCCCN1C(=O)Cc1ccccc1. The Morgan fingerprint density at radius 2 is 2.00 bits per heavy atom. The van der Waals surface area contributed by atoms with Crippen molar-refractivity contribution in [3.05, 3.63) is 35.9 Å². The first-order valence-corrected chi connectivity index (χ1v) is 7.04. The quantitative estimate of drug-likeness (QED) is 0.907. The molecule has 1 saturated heterocycles. The molecule has 2 rings (SSSR count). The number of amides is 1. The van der Waals surface area contributed by atoms with Crippen molar-refractivity contribution in [2.24, 2.45) is 0 Å². The second-order valence-electron chi connectivity index (χ2n) is 5.91. The van der Waals surface area contributed by atoms with Crippen LogP contribution < -0.4 is 0 Å². The van der Waals surface area contributed by atoms with Crippen LogP contribution in [0.3, 0.4) is 0 Å². The molecule has 0 aliphatic carbocycles. The summed E-state index contributed by atoms with van der Waals surface area (Å²) in [5, 5.41) is 10.2. The van der Waals surface area contributed by atoms with Crippen molar-refractivity contribution in [1.82, 2.24) is 4.90 Å². The summed E-state index contributed by atoms with van der Waals surface area (Å²) in [4.78, 5) is 14.3. The molecule has 1 unspecified atom stereocenters. The van der Waals surface area contributed by atoms with Crippen LogP contribution in [0.1, 0.15) is 38.7 Å². The topological polar surface area (TPSA) is 40.5 Å². The predicted octanol–water partition coefficient (Wildman–Crippen LogP) is 2.38. The number of rotatable bonds is 3. The molecule has 3 heteroatoms. The van der Waals surface area contributed by atoms with E-state index in [1.807, 2.05) is 35.2 Å². The summed E-state index contributed by atoms with van der Waals surface area (Å²) in [6, 6.07) is 9.74. The molecule has 104 valence electrons. The molecule has 1 amide bonds. The standard InChI is InChI=1S/C16H23NO2/c1-16(2,19)14-10-6-7-11-17(14)15(18)12-13-8-4-3-5-9-13/h3-5,8-9,14,19H,6-7,10-12H2,1-2H3. The fourth-order valence-corrected chi connectivity index (χ4v) is 2.84. The number of nitrogens with zero attached hydrogens (tertiary/aromatic N) is 1. The Morgan fingerprint density at radius 3 is 2.63 bits per heavy atom. The first-order chi connectivity index (χ1) is 8.98. The van der Waals surface area contributed by atoms with Crippen LogP contribution in [0.4, 0.5) is 0 Å². The molecule has 0 bridgehead atoms. The van der Waals surface area contributed by atoms with Gasteiger partial charge in [-0.1, -0.05) is 30.3 Å². The highest BCUT2D eigenvalue weighted by Crippen LogP contribution is 2.26. The van der Waals surface area contributed by atoms with Gasteiger partial charge in [0.2, 0.25) is 5.91 Å². The Kier molecular flexibility index (Phi) is 4.25. The van der Waals surface area contributed by atoms with Gasteiger partial charge in [0, 0.05) is 6.54 Å². The van der Waals surface area contributed by atoms with E-state index in [9.17, 15) is 9.90 Å². The summed E-state index contributed by atoms with van der Waals surface area (Å²) in [5.41, 5.74) is 0.208. The molecule has 0 aromatic heterocycles. The third-order valence-electron chi connectivity index (χ3n) is 3.84. The van der Waals surface area contributed by atoms with E-state index >= 15 is 0 Å². The van der Waals surface area contributed by atoms with Crippen LogP contribution >= 0.6 is 0 Å². The normalized spacial score (nSPS) is 20.4. The first-order valence-electron chi connectivity index (χ1n) is 7.04. The van der Waals surface area contributed by atoms with Crippen molar-refractivity contribution in [1.29, 1.82) is 0 Å². The number of benzene rings is 1. The molecule has 1 heterocycles. The van der Waals surface area contributed by atoms with Crippen LogP contribution in [0.15, 0.2) is 30.3 Å². The van der Waals surface area contributed by atoms with Crippen LogP contribution in [0.2, 0.25) is 0 Å². The number of hydrogen-bond donors (Lipinski definition) is 1. The second kappa shape index (κ2) is 5.74. The first kappa shape index (κ1) is 14.1. The van der Waals surface area contributed by atoms with Crippen molar-refractivity contribution >= 4 is 5.91 Å². The summed E-state index contributed by atoms with van der Waals surface area (Å²) in [6.07, 6.45) is 3.44. The lowest BCUT2D eigenvalue weighted by atomic mass is 9.88. The van der Waals surface area contributed by atoms with E-state index in [1.54, 1.807) is 13.8 Å². The minimum absolute atomic E-state index is 0.0579. The second-order valence-corrected chi connectivity index (χ2v) is 5.91. The molecule has 0 radical (unpaired) electrons. The number of carbonyl (C=O) groups excluding carboxylic acids is 1. The van der Waals surface area contributed by atoms with Crippen LogP contribution in [-0.4, -0.2) is 34.1 Å². The molecule has 1 fully saturated rings. The molecule has 0 saturated carbocycles. The monoisotopic (exact) mass is 261 g/mol. The number of likely N-dealkylation sites (tertiary alicyclic amines) is 1. The Hall–Kier alpha value is -1.35. The molecule has 1 aromatic rings. The maximum absolute atomic E-state index is 12.4. The van der Waals surface area contributed by atoms with Gasteiger partial charge in [0.05, 0.1) is 18.1 Å². The van der Waals surface area contributed by atoms with Gasteiger partial charge in [0.1, 0.15) is 0 Å². The van der Waals surface area contributed by atoms with E-state index in [2.05, 4.69) is 0 Å². The van der Waals surface area contributed by atoms with Crippen molar-refractivity contribution < 1.29 is 9.90 Å². The molecule has 1 N–H and O–H groups in total. The van der Waals surface area contributed by atoms with Crippen LogP contribution in [-0.2, 0) is 11.2 Å².